The number of carbonyl (C=O) groups excluding carboxylic acids is 1. The van der Waals surface area contributed by atoms with Crippen LogP contribution in [0.4, 0.5) is 11.4 Å². The monoisotopic (exact) mass is 324 g/mol. The Balaban J connectivity index is 1.72. The molecule has 3 rings (SSSR count). The summed E-state index contributed by atoms with van der Waals surface area (Å²) in [5.74, 6) is 0.926. The van der Waals surface area contributed by atoms with Crippen molar-refractivity contribution in [2.24, 2.45) is 5.92 Å². The minimum Gasteiger partial charge on any atom is -0.492 e. The first-order chi connectivity index (χ1) is 11.6. The SMILES string of the molecule is Cc1ccc(OCCN2C(=O)C(C)CNc3ccccc32)cc1C. The highest BCUT2D eigenvalue weighted by Gasteiger charge is 2.26. The zero-order valence-electron chi connectivity index (χ0n) is 14.5. The van der Waals surface area contributed by atoms with E-state index >= 15 is 0 Å². The normalized spacial score (nSPS) is 17.0. The van der Waals surface area contributed by atoms with Crippen LogP contribution in [0.2, 0.25) is 0 Å². The van der Waals surface area contributed by atoms with Crippen molar-refractivity contribution in [2.75, 3.05) is 29.9 Å². The van der Waals surface area contributed by atoms with Crippen LogP contribution in [0.1, 0.15) is 18.1 Å². The number of nitrogens with one attached hydrogen (secondary N) is 1. The van der Waals surface area contributed by atoms with E-state index in [-0.39, 0.29) is 11.8 Å². The van der Waals surface area contributed by atoms with Crippen molar-refractivity contribution >= 4 is 17.3 Å². The number of para-hydroxylation sites is 2. The molecule has 0 aliphatic carbocycles. The van der Waals surface area contributed by atoms with E-state index in [1.165, 1.54) is 11.1 Å². The maximum atomic E-state index is 12.7. The van der Waals surface area contributed by atoms with Gasteiger partial charge in [0.15, 0.2) is 0 Å². The summed E-state index contributed by atoms with van der Waals surface area (Å²) in [5, 5.41) is 3.35. The predicted octanol–water partition coefficient (Wildman–Crippen LogP) is 3.78. The number of hydrogen-bond acceptors (Lipinski definition) is 3. The minimum absolute atomic E-state index is 0.0565. The van der Waals surface area contributed by atoms with Crippen LogP contribution in [-0.4, -0.2) is 25.6 Å². The average Bonchev–Trinajstić information content (AvgIpc) is 2.70. The number of anilines is 2. The molecule has 4 nitrogen and oxygen atoms in total. The Morgan fingerprint density at radius 3 is 2.75 bits per heavy atom. The van der Waals surface area contributed by atoms with Gasteiger partial charge in [-0.3, -0.25) is 4.79 Å². The van der Waals surface area contributed by atoms with E-state index in [1.807, 2.05) is 48.2 Å². The lowest BCUT2D eigenvalue weighted by Crippen LogP contribution is -2.38. The molecule has 0 saturated heterocycles. The lowest BCUT2D eigenvalue weighted by atomic mass is 10.1. The highest BCUT2D eigenvalue weighted by molar-refractivity contribution is 5.99. The summed E-state index contributed by atoms with van der Waals surface area (Å²) in [6, 6.07) is 14.0. The molecular weight excluding hydrogens is 300 g/mol. The van der Waals surface area contributed by atoms with Crippen LogP contribution >= 0.6 is 0 Å². The van der Waals surface area contributed by atoms with Crippen LogP contribution in [-0.2, 0) is 4.79 Å². The zero-order valence-corrected chi connectivity index (χ0v) is 14.5. The molecule has 0 saturated carbocycles. The summed E-state index contributed by atoms with van der Waals surface area (Å²) >= 11 is 0. The van der Waals surface area contributed by atoms with E-state index in [1.54, 1.807) is 0 Å². The van der Waals surface area contributed by atoms with Crippen molar-refractivity contribution in [1.29, 1.82) is 0 Å². The largest absolute Gasteiger partial charge is 0.492 e. The fraction of sp³-hybridized carbons (Fsp3) is 0.350. The second-order valence-corrected chi connectivity index (χ2v) is 6.38. The molecule has 0 aromatic heterocycles. The molecule has 1 unspecified atom stereocenters. The summed E-state index contributed by atoms with van der Waals surface area (Å²) in [7, 11) is 0. The molecule has 1 heterocycles. The summed E-state index contributed by atoms with van der Waals surface area (Å²) in [4.78, 5) is 14.5. The van der Waals surface area contributed by atoms with Gasteiger partial charge >= 0.3 is 0 Å². The maximum absolute atomic E-state index is 12.7. The molecule has 1 aliphatic rings. The second kappa shape index (κ2) is 6.95. The Bertz CT molecular complexity index is 742. The molecule has 1 atom stereocenters. The number of ether oxygens (including phenoxy) is 1. The van der Waals surface area contributed by atoms with Crippen molar-refractivity contribution in [3.8, 4) is 5.75 Å². The van der Waals surface area contributed by atoms with Gasteiger partial charge in [-0.1, -0.05) is 25.1 Å². The first-order valence-corrected chi connectivity index (χ1v) is 8.40. The standard InChI is InChI=1S/C20H24N2O2/c1-14-8-9-17(12-15(14)2)24-11-10-22-19-7-5-4-6-18(19)21-13-16(3)20(22)23/h4-9,12,16,21H,10-11,13H2,1-3H3. The van der Waals surface area contributed by atoms with Crippen LogP contribution in [0.15, 0.2) is 42.5 Å². The van der Waals surface area contributed by atoms with Crippen LogP contribution < -0.4 is 15.0 Å². The highest BCUT2D eigenvalue weighted by atomic mass is 16.5. The molecule has 1 aliphatic heterocycles. The number of carbonyl (C=O) groups is 1. The van der Waals surface area contributed by atoms with Crippen molar-refractivity contribution in [2.45, 2.75) is 20.8 Å². The van der Waals surface area contributed by atoms with E-state index < -0.39 is 0 Å². The summed E-state index contributed by atoms with van der Waals surface area (Å²) < 4.78 is 5.87. The van der Waals surface area contributed by atoms with Gasteiger partial charge in [0.1, 0.15) is 12.4 Å². The molecule has 1 amide bonds. The minimum atomic E-state index is -0.0565. The van der Waals surface area contributed by atoms with E-state index in [0.717, 1.165) is 17.1 Å². The number of fused-ring (bicyclic) bond motifs is 1. The van der Waals surface area contributed by atoms with Crippen molar-refractivity contribution < 1.29 is 9.53 Å². The molecule has 4 heteroatoms. The molecule has 2 aromatic rings. The third kappa shape index (κ3) is 3.37. The molecule has 0 bridgehead atoms. The van der Waals surface area contributed by atoms with Gasteiger partial charge in [-0.25, -0.2) is 0 Å². The van der Waals surface area contributed by atoms with Crippen LogP contribution in [0.25, 0.3) is 0 Å². The molecular formula is C20H24N2O2. The topological polar surface area (TPSA) is 41.6 Å². The van der Waals surface area contributed by atoms with Crippen molar-refractivity contribution in [1.82, 2.24) is 0 Å². The fourth-order valence-electron chi connectivity index (χ4n) is 2.88. The van der Waals surface area contributed by atoms with Gasteiger partial charge < -0.3 is 15.0 Å². The number of aryl methyl sites for hydroxylation is 2. The number of benzene rings is 2. The number of amides is 1. The van der Waals surface area contributed by atoms with Crippen LogP contribution in [0.5, 0.6) is 5.75 Å². The van der Waals surface area contributed by atoms with Crippen molar-refractivity contribution in [3.05, 3.63) is 53.6 Å². The van der Waals surface area contributed by atoms with E-state index in [4.69, 9.17) is 4.74 Å². The molecule has 1 N–H and O–H groups in total. The number of hydrogen-bond donors (Lipinski definition) is 1. The molecule has 126 valence electrons. The van der Waals surface area contributed by atoms with Gasteiger partial charge in [-0.2, -0.15) is 0 Å². The number of nitrogens with zero attached hydrogens (tertiary/aromatic N) is 1. The third-order valence-corrected chi connectivity index (χ3v) is 4.54. The Kier molecular flexibility index (Phi) is 4.74. The van der Waals surface area contributed by atoms with Gasteiger partial charge in [0.25, 0.3) is 0 Å². The van der Waals surface area contributed by atoms with Crippen LogP contribution in [0, 0.1) is 19.8 Å². The summed E-state index contributed by atoms with van der Waals surface area (Å²) in [5.41, 5.74) is 4.39. The van der Waals surface area contributed by atoms with Crippen LogP contribution in [0.3, 0.4) is 0 Å². The average molecular weight is 324 g/mol. The van der Waals surface area contributed by atoms with E-state index in [9.17, 15) is 4.79 Å². The highest BCUT2D eigenvalue weighted by Crippen LogP contribution is 2.29. The summed E-state index contributed by atoms with van der Waals surface area (Å²) in [6.45, 7) is 7.78. The third-order valence-electron chi connectivity index (χ3n) is 4.54. The molecule has 0 fully saturated rings. The molecule has 0 radical (unpaired) electrons. The van der Waals surface area contributed by atoms with Gasteiger partial charge in [-0.05, 0) is 49.2 Å². The quantitative estimate of drug-likeness (QED) is 0.930. The first kappa shape index (κ1) is 16.4. The Labute approximate surface area is 143 Å². The maximum Gasteiger partial charge on any atom is 0.231 e. The Hall–Kier alpha value is -2.49. The second-order valence-electron chi connectivity index (χ2n) is 6.38. The smallest absolute Gasteiger partial charge is 0.231 e. The molecule has 2 aromatic carbocycles. The first-order valence-electron chi connectivity index (χ1n) is 8.40. The summed E-state index contributed by atoms with van der Waals surface area (Å²) in [6.07, 6.45) is 0. The van der Waals surface area contributed by atoms with Gasteiger partial charge in [-0.15, -0.1) is 0 Å². The lowest BCUT2D eigenvalue weighted by Gasteiger charge is -2.24. The van der Waals surface area contributed by atoms with Gasteiger partial charge in [0.2, 0.25) is 5.91 Å². The van der Waals surface area contributed by atoms with Crippen molar-refractivity contribution in [3.63, 3.8) is 0 Å². The van der Waals surface area contributed by atoms with Gasteiger partial charge in [0, 0.05) is 6.54 Å². The fourth-order valence-corrected chi connectivity index (χ4v) is 2.88. The zero-order chi connectivity index (χ0) is 17.1. The van der Waals surface area contributed by atoms with Gasteiger partial charge in [0.05, 0.1) is 23.8 Å². The van der Waals surface area contributed by atoms with E-state index in [0.29, 0.717) is 19.7 Å². The van der Waals surface area contributed by atoms with E-state index in [2.05, 4.69) is 25.2 Å². The lowest BCUT2D eigenvalue weighted by molar-refractivity contribution is -0.121. The molecule has 0 spiro atoms. The Morgan fingerprint density at radius 1 is 1.17 bits per heavy atom. The molecule has 24 heavy (non-hydrogen) atoms. The predicted molar refractivity (Wildman–Crippen MR) is 97.9 cm³/mol. The Morgan fingerprint density at radius 2 is 1.96 bits per heavy atom. The number of rotatable bonds is 4.